The van der Waals surface area contributed by atoms with Crippen LogP contribution < -0.4 is 0 Å². The largest absolute Gasteiger partial charge is 0.435 e. The van der Waals surface area contributed by atoms with E-state index in [1.54, 1.807) is 4.68 Å². The van der Waals surface area contributed by atoms with Crippen molar-refractivity contribution in [2.45, 2.75) is 26.2 Å². The smallest absolute Gasteiger partial charge is 0.265 e. The van der Waals surface area contributed by atoms with Crippen LogP contribution in [0.4, 0.5) is 13.2 Å². The topological polar surface area (TPSA) is 48.5 Å². The van der Waals surface area contributed by atoms with Gasteiger partial charge in [0.2, 0.25) is 0 Å². The van der Waals surface area contributed by atoms with Crippen LogP contribution in [-0.4, -0.2) is 24.5 Å². The van der Waals surface area contributed by atoms with Crippen molar-refractivity contribution >= 4 is 0 Å². The summed E-state index contributed by atoms with van der Waals surface area (Å²) in [7, 11) is 0. The second-order valence-corrected chi connectivity index (χ2v) is 3.39. The summed E-state index contributed by atoms with van der Waals surface area (Å²) in [6.07, 6.45) is -1.77. The molecule has 0 saturated heterocycles. The molecular weight excluding hydrogens is 235 g/mol. The number of halogens is 3. The summed E-state index contributed by atoms with van der Waals surface area (Å²) in [6, 6.07) is 0.937. The lowest BCUT2D eigenvalue weighted by molar-refractivity contribution is -0.141. The second kappa shape index (κ2) is 4.19. The lowest BCUT2D eigenvalue weighted by Gasteiger charge is -2.03. The molecule has 17 heavy (non-hydrogen) atoms. The predicted molar refractivity (Wildman–Crippen MR) is 52.0 cm³/mol. The second-order valence-electron chi connectivity index (χ2n) is 3.39. The van der Waals surface area contributed by atoms with Crippen LogP contribution in [0, 0.1) is 0 Å². The van der Waals surface area contributed by atoms with Crippen molar-refractivity contribution in [1.82, 2.24) is 24.5 Å². The summed E-state index contributed by atoms with van der Waals surface area (Å²) in [4.78, 5) is 3.96. The predicted octanol–water partition coefficient (Wildman–Crippen LogP) is 1.56. The molecule has 0 fully saturated rings. The molecule has 0 aromatic carbocycles. The molecule has 0 aliphatic carbocycles. The summed E-state index contributed by atoms with van der Waals surface area (Å²) in [5, 5.41) is 7.37. The summed E-state index contributed by atoms with van der Waals surface area (Å²) in [5.41, 5.74) is -0.903. The maximum absolute atomic E-state index is 12.3. The molecule has 0 radical (unpaired) electrons. The Bertz CT molecular complexity index is 499. The lowest BCUT2D eigenvalue weighted by Crippen LogP contribution is -2.11. The van der Waals surface area contributed by atoms with Crippen LogP contribution >= 0.6 is 0 Å². The molecule has 8 heteroatoms. The van der Waals surface area contributed by atoms with Gasteiger partial charge in [-0.2, -0.15) is 23.4 Å². The van der Waals surface area contributed by atoms with Crippen LogP contribution in [0.2, 0.25) is 0 Å². The van der Waals surface area contributed by atoms with Gasteiger partial charge in [-0.05, 0) is 13.0 Å². The van der Waals surface area contributed by atoms with Crippen molar-refractivity contribution in [3.63, 3.8) is 0 Å². The van der Waals surface area contributed by atoms with Crippen molar-refractivity contribution in [2.24, 2.45) is 0 Å². The van der Waals surface area contributed by atoms with Crippen LogP contribution in [0.5, 0.6) is 0 Å². The van der Waals surface area contributed by atoms with E-state index in [1.165, 1.54) is 17.2 Å². The van der Waals surface area contributed by atoms with E-state index in [2.05, 4.69) is 15.2 Å². The maximum Gasteiger partial charge on any atom is 0.435 e. The Morgan fingerprint density at radius 1 is 1.35 bits per heavy atom. The Labute approximate surface area is 94.9 Å². The Balaban J connectivity index is 2.17. The number of nitrogens with zero attached hydrogens (tertiary/aromatic N) is 5. The van der Waals surface area contributed by atoms with E-state index in [1.807, 2.05) is 6.92 Å². The summed E-state index contributed by atoms with van der Waals surface area (Å²) in [6.45, 7) is 2.66. The van der Waals surface area contributed by atoms with Crippen LogP contribution in [-0.2, 0) is 19.3 Å². The normalized spacial score (nSPS) is 12.0. The van der Waals surface area contributed by atoms with Crippen molar-refractivity contribution in [1.29, 1.82) is 0 Å². The fourth-order valence-electron chi connectivity index (χ4n) is 1.42. The van der Waals surface area contributed by atoms with Gasteiger partial charge in [0.25, 0.3) is 0 Å². The number of aryl methyl sites for hydroxylation is 1. The molecule has 0 amide bonds. The zero-order valence-corrected chi connectivity index (χ0v) is 9.02. The highest BCUT2D eigenvalue weighted by molar-refractivity contribution is 5.04. The molecule has 0 bridgehead atoms. The first-order valence-corrected chi connectivity index (χ1v) is 4.98. The Kier molecular flexibility index (Phi) is 2.86. The first-order valence-electron chi connectivity index (χ1n) is 4.98. The van der Waals surface area contributed by atoms with Gasteiger partial charge in [-0.15, -0.1) is 0 Å². The minimum atomic E-state index is -4.41. The van der Waals surface area contributed by atoms with Crippen LogP contribution in [0.1, 0.15) is 18.4 Å². The number of rotatable bonds is 3. The average molecular weight is 245 g/mol. The minimum absolute atomic E-state index is 0.171. The average Bonchev–Trinajstić information content (AvgIpc) is 2.86. The highest BCUT2D eigenvalue weighted by atomic mass is 19.4. The minimum Gasteiger partial charge on any atom is -0.265 e. The van der Waals surface area contributed by atoms with Gasteiger partial charge in [0.15, 0.2) is 5.69 Å². The monoisotopic (exact) mass is 245 g/mol. The molecule has 0 aliphatic rings. The highest BCUT2D eigenvalue weighted by Crippen LogP contribution is 2.27. The van der Waals surface area contributed by atoms with Gasteiger partial charge >= 0.3 is 6.18 Å². The summed E-state index contributed by atoms with van der Waals surface area (Å²) < 4.78 is 39.7. The van der Waals surface area contributed by atoms with Crippen LogP contribution in [0.25, 0.3) is 0 Å². The number of hydrogen-bond donors (Lipinski definition) is 0. The van der Waals surface area contributed by atoms with E-state index in [4.69, 9.17) is 0 Å². The SMILES string of the molecule is CCn1ncnc1Cn1ccc(C(F)(F)F)n1. The summed E-state index contributed by atoms with van der Waals surface area (Å²) >= 11 is 0. The number of hydrogen-bond acceptors (Lipinski definition) is 3. The molecule has 2 aromatic heterocycles. The van der Waals surface area contributed by atoms with Gasteiger partial charge in [0.05, 0.1) is 0 Å². The first-order chi connectivity index (χ1) is 8.00. The quantitative estimate of drug-likeness (QED) is 0.824. The molecule has 0 atom stereocenters. The number of aromatic nitrogens is 5. The molecule has 2 heterocycles. The molecule has 2 aromatic rings. The van der Waals surface area contributed by atoms with E-state index >= 15 is 0 Å². The molecule has 0 unspecified atom stereocenters. The van der Waals surface area contributed by atoms with E-state index in [-0.39, 0.29) is 6.54 Å². The van der Waals surface area contributed by atoms with Crippen molar-refractivity contribution in [3.05, 3.63) is 30.1 Å². The third-order valence-corrected chi connectivity index (χ3v) is 2.23. The van der Waals surface area contributed by atoms with Gasteiger partial charge in [-0.25, -0.2) is 9.67 Å². The highest BCUT2D eigenvalue weighted by Gasteiger charge is 2.33. The third kappa shape index (κ3) is 2.45. The number of alkyl halides is 3. The molecule has 0 N–H and O–H groups in total. The van der Waals surface area contributed by atoms with Gasteiger partial charge in [-0.3, -0.25) is 4.68 Å². The van der Waals surface area contributed by atoms with Crippen molar-refractivity contribution in [3.8, 4) is 0 Å². The van der Waals surface area contributed by atoms with E-state index in [0.717, 1.165) is 6.07 Å². The standard InChI is InChI=1S/C9H10F3N5/c1-2-17-8(13-6-14-17)5-16-4-3-7(15-16)9(10,11)12/h3-4,6H,2,5H2,1H3. The van der Waals surface area contributed by atoms with Crippen LogP contribution in [0.3, 0.4) is 0 Å². The molecule has 0 saturated carbocycles. The Hall–Kier alpha value is -1.86. The molecular formula is C9H10F3N5. The van der Waals surface area contributed by atoms with Gasteiger partial charge in [0.1, 0.15) is 18.7 Å². The van der Waals surface area contributed by atoms with Crippen LogP contribution in [0.15, 0.2) is 18.6 Å². The van der Waals surface area contributed by atoms with E-state index in [0.29, 0.717) is 12.4 Å². The molecule has 0 aliphatic heterocycles. The van der Waals surface area contributed by atoms with Gasteiger partial charge in [0, 0.05) is 12.7 Å². The maximum atomic E-state index is 12.3. The van der Waals surface area contributed by atoms with Crippen molar-refractivity contribution < 1.29 is 13.2 Å². The summed E-state index contributed by atoms with van der Waals surface area (Å²) in [5.74, 6) is 0.573. The fourth-order valence-corrected chi connectivity index (χ4v) is 1.42. The first kappa shape index (κ1) is 11.6. The molecule has 2 rings (SSSR count). The molecule has 92 valence electrons. The van der Waals surface area contributed by atoms with E-state index in [9.17, 15) is 13.2 Å². The Morgan fingerprint density at radius 3 is 2.71 bits per heavy atom. The van der Waals surface area contributed by atoms with Gasteiger partial charge < -0.3 is 0 Å². The fraction of sp³-hybridized carbons (Fsp3) is 0.444. The van der Waals surface area contributed by atoms with Crippen molar-refractivity contribution in [2.75, 3.05) is 0 Å². The van der Waals surface area contributed by atoms with Gasteiger partial charge in [-0.1, -0.05) is 0 Å². The zero-order chi connectivity index (χ0) is 12.5. The zero-order valence-electron chi connectivity index (χ0n) is 9.02. The van der Waals surface area contributed by atoms with E-state index < -0.39 is 11.9 Å². The Morgan fingerprint density at radius 2 is 2.12 bits per heavy atom. The lowest BCUT2D eigenvalue weighted by atomic mass is 10.4. The third-order valence-electron chi connectivity index (χ3n) is 2.23. The molecule has 0 spiro atoms. The molecule has 5 nitrogen and oxygen atoms in total.